The normalized spacial score (nSPS) is 26.1. The van der Waals surface area contributed by atoms with Crippen molar-refractivity contribution in [2.75, 3.05) is 7.05 Å². The fourth-order valence-corrected chi connectivity index (χ4v) is 2.61. The Morgan fingerprint density at radius 2 is 2.24 bits per heavy atom. The minimum absolute atomic E-state index is 0.0526. The second kappa shape index (κ2) is 5.34. The van der Waals surface area contributed by atoms with Crippen LogP contribution in [0.4, 0.5) is 4.39 Å². The largest absolute Gasteiger partial charge is 0.373 e. The average Bonchev–Trinajstić information content (AvgIpc) is 2.71. The van der Waals surface area contributed by atoms with Gasteiger partial charge in [-0.3, -0.25) is 0 Å². The van der Waals surface area contributed by atoms with Crippen LogP contribution < -0.4 is 5.32 Å². The molecule has 0 amide bonds. The molecule has 3 atom stereocenters. The number of hydrogen-bond donors (Lipinski definition) is 1. The highest BCUT2D eigenvalue weighted by Gasteiger charge is 2.30. The standard InChI is InChI=1S/C13H17ClFNO/c1-8-3-6-12(17-8)13(16-2)10-7-9(15)4-5-11(10)14/h4-5,7-8,12-13,16H,3,6H2,1-2H3. The molecular weight excluding hydrogens is 241 g/mol. The summed E-state index contributed by atoms with van der Waals surface area (Å²) in [5.41, 5.74) is 0.772. The second-order valence-corrected chi connectivity index (χ2v) is 4.90. The van der Waals surface area contributed by atoms with Crippen LogP contribution in [0.3, 0.4) is 0 Å². The minimum Gasteiger partial charge on any atom is -0.373 e. The molecule has 1 fully saturated rings. The van der Waals surface area contributed by atoms with E-state index in [4.69, 9.17) is 16.3 Å². The summed E-state index contributed by atoms with van der Waals surface area (Å²) in [5, 5.41) is 3.75. The van der Waals surface area contributed by atoms with E-state index in [9.17, 15) is 4.39 Å². The fourth-order valence-electron chi connectivity index (χ4n) is 2.37. The Hall–Kier alpha value is -0.640. The first kappa shape index (κ1) is 12.8. The van der Waals surface area contributed by atoms with E-state index in [1.54, 1.807) is 6.07 Å². The number of ether oxygens (including phenoxy) is 1. The van der Waals surface area contributed by atoms with Gasteiger partial charge in [-0.15, -0.1) is 0 Å². The molecule has 0 aromatic heterocycles. The molecule has 94 valence electrons. The van der Waals surface area contributed by atoms with Crippen LogP contribution in [-0.2, 0) is 4.74 Å². The molecule has 3 unspecified atom stereocenters. The zero-order valence-corrected chi connectivity index (χ0v) is 10.8. The van der Waals surface area contributed by atoms with Crippen LogP contribution in [0.5, 0.6) is 0 Å². The van der Waals surface area contributed by atoms with Crippen molar-refractivity contribution in [1.29, 1.82) is 0 Å². The molecule has 0 bridgehead atoms. The third-order valence-corrected chi connectivity index (χ3v) is 3.58. The van der Waals surface area contributed by atoms with Gasteiger partial charge in [-0.25, -0.2) is 4.39 Å². The molecule has 1 aliphatic heterocycles. The number of hydrogen-bond acceptors (Lipinski definition) is 2. The Bertz CT molecular complexity index is 399. The lowest BCUT2D eigenvalue weighted by Gasteiger charge is -2.24. The van der Waals surface area contributed by atoms with Gasteiger partial charge in [-0.05, 0) is 50.6 Å². The van der Waals surface area contributed by atoms with Crippen molar-refractivity contribution >= 4 is 11.6 Å². The first-order valence-electron chi connectivity index (χ1n) is 5.89. The number of nitrogens with one attached hydrogen (secondary N) is 1. The van der Waals surface area contributed by atoms with Gasteiger partial charge in [0.1, 0.15) is 5.82 Å². The molecule has 1 aromatic rings. The summed E-state index contributed by atoms with van der Waals surface area (Å²) in [6.45, 7) is 2.06. The zero-order valence-electron chi connectivity index (χ0n) is 10.0. The van der Waals surface area contributed by atoms with E-state index in [1.807, 2.05) is 7.05 Å². The Morgan fingerprint density at radius 3 is 2.82 bits per heavy atom. The predicted octanol–water partition coefficient (Wildman–Crippen LogP) is 3.31. The van der Waals surface area contributed by atoms with E-state index < -0.39 is 0 Å². The Morgan fingerprint density at radius 1 is 1.47 bits per heavy atom. The van der Waals surface area contributed by atoms with Gasteiger partial charge in [0.25, 0.3) is 0 Å². The quantitative estimate of drug-likeness (QED) is 0.897. The topological polar surface area (TPSA) is 21.3 Å². The Kier molecular flexibility index (Phi) is 4.02. The number of halogens is 2. The van der Waals surface area contributed by atoms with Gasteiger partial charge in [0, 0.05) is 5.02 Å². The van der Waals surface area contributed by atoms with Gasteiger partial charge in [-0.2, -0.15) is 0 Å². The van der Waals surface area contributed by atoms with Gasteiger partial charge in [-0.1, -0.05) is 11.6 Å². The number of benzene rings is 1. The maximum atomic E-state index is 13.3. The van der Waals surface area contributed by atoms with Crippen LogP contribution in [0.1, 0.15) is 31.4 Å². The molecule has 2 nitrogen and oxygen atoms in total. The summed E-state index contributed by atoms with van der Waals surface area (Å²) in [7, 11) is 1.85. The zero-order chi connectivity index (χ0) is 12.4. The second-order valence-electron chi connectivity index (χ2n) is 4.49. The van der Waals surface area contributed by atoms with E-state index in [-0.39, 0.29) is 24.1 Å². The summed E-state index contributed by atoms with van der Waals surface area (Å²) >= 11 is 6.12. The smallest absolute Gasteiger partial charge is 0.123 e. The molecule has 1 aromatic carbocycles. The first-order chi connectivity index (χ1) is 8.11. The van der Waals surface area contributed by atoms with Crippen LogP contribution in [0.2, 0.25) is 5.02 Å². The van der Waals surface area contributed by atoms with E-state index in [0.717, 1.165) is 18.4 Å². The van der Waals surface area contributed by atoms with Crippen LogP contribution in [0.25, 0.3) is 0 Å². The van der Waals surface area contributed by atoms with E-state index in [2.05, 4.69) is 12.2 Å². The summed E-state index contributed by atoms with van der Waals surface area (Å²) in [6, 6.07) is 4.39. The minimum atomic E-state index is -0.268. The Balaban J connectivity index is 2.25. The van der Waals surface area contributed by atoms with Gasteiger partial charge >= 0.3 is 0 Å². The van der Waals surface area contributed by atoms with Crippen molar-refractivity contribution in [3.8, 4) is 0 Å². The number of rotatable bonds is 3. The maximum absolute atomic E-state index is 13.3. The summed E-state index contributed by atoms with van der Waals surface area (Å²) < 4.78 is 19.1. The molecule has 4 heteroatoms. The third-order valence-electron chi connectivity index (χ3n) is 3.24. The van der Waals surface area contributed by atoms with E-state index >= 15 is 0 Å². The molecule has 0 spiro atoms. The fraction of sp³-hybridized carbons (Fsp3) is 0.538. The van der Waals surface area contributed by atoms with Gasteiger partial charge < -0.3 is 10.1 Å². The lowest BCUT2D eigenvalue weighted by Crippen LogP contribution is -2.29. The van der Waals surface area contributed by atoms with Crippen molar-refractivity contribution in [3.63, 3.8) is 0 Å². The highest BCUT2D eigenvalue weighted by Crippen LogP contribution is 2.33. The predicted molar refractivity (Wildman–Crippen MR) is 66.8 cm³/mol. The highest BCUT2D eigenvalue weighted by atomic mass is 35.5. The van der Waals surface area contributed by atoms with Crippen LogP contribution in [0.15, 0.2) is 18.2 Å². The molecular formula is C13H17ClFNO. The maximum Gasteiger partial charge on any atom is 0.123 e. The lowest BCUT2D eigenvalue weighted by atomic mass is 9.99. The van der Waals surface area contributed by atoms with Gasteiger partial charge in [0.2, 0.25) is 0 Å². The Labute approximate surface area is 106 Å². The molecule has 0 saturated carbocycles. The molecule has 0 radical (unpaired) electrons. The number of likely N-dealkylation sites (N-methyl/N-ethyl adjacent to an activating group) is 1. The van der Waals surface area contributed by atoms with Crippen LogP contribution >= 0.6 is 11.6 Å². The molecule has 0 aliphatic carbocycles. The molecule has 1 aliphatic rings. The van der Waals surface area contributed by atoms with Crippen molar-refractivity contribution in [2.45, 2.75) is 38.0 Å². The molecule has 2 rings (SSSR count). The third kappa shape index (κ3) is 2.79. The van der Waals surface area contributed by atoms with Crippen molar-refractivity contribution in [2.24, 2.45) is 0 Å². The first-order valence-corrected chi connectivity index (χ1v) is 6.27. The van der Waals surface area contributed by atoms with Crippen LogP contribution in [-0.4, -0.2) is 19.3 Å². The molecule has 1 heterocycles. The molecule has 1 saturated heterocycles. The van der Waals surface area contributed by atoms with Crippen molar-refractivity contribution in [3.05, 3.63) is 34.6 Å². The lowest BCUT2D eigenvalue weighted by molar-refractivity contribution is 0.0333. The average molecular weight is 258 g/mol. The molecule has 1 N–H and O–H groups in total. The summed E-state index contributed by atoms with van der Waals surface area (Å²) in [6.07, 6.45) is 2.34. The van der Waals surface area contributed by atoms with Gasteiger partial charge in [0.05, 0.1) is 18.2 Å². The SMILES string of the molecule is CNC(c1cc(F)ccc1Cl)C1CCC(C)O1. The van der Waals surface area contributed by atoms with Crippen LogP contribution in [0, 0.1) is 5.82 Å². The highest BCUT2D eigenvalue weighted by molar-refractivity contribution is 6.31. The summed E-state index contributed by atoms with van der Waals surface area (Å²) in [4.78, 5) is 0. The molecule has 17 heavy (non-hydrogen) atoms. The summed E-state index contributed by atoms with van der Waals surface area (Å²) in [5.74, 6) is -0.268. The van der Waals surface area contributed by atoms with Gasteiger partial charge in [0.15, 0.2) is 0 Å². The van der Waals surface area contributed by atoms with Crippen molar-refractivity contribution < 1.29 is 9.13 Å². The van der Waals surface area contributed by atoms with E-state index in [0.29, 0.717) is 5.02 Å². The monoisotopic (exact) mass is 257 g/mol. The van der Waals surface area contributed by atoms with E-state index in [1.165, 1.54) is 12.1 Å². The van der Waals surface area contributed by atoms with Crippen molar-refractivity contribution in [1.82, 2.24) is 5.32 Å².